The van der Waals surface area contributed by atoms with Crippen LogP contribution in [-0.4, -0.2) is 25.6 Å². The Kier molecular flexibility index (Phi) is 4.07. The van der Waals surface area contributed by atoms with Gasteiger partial charge in [0.2, 0.25) is 0 Å². The summed E-state index contributed by atoms with van der Waals surface area (Å²) in [7, 11) is 3.11. The number of benzene rings is 1. The highest BCUT2D eigenvalue weighted by atomic mass is 16.5. The summed E-state index contributed by atoms with van der Waals surface area (Å²) < 4.78 is 10.5. The molecule has 0 N–H and O–H groups in total. The van der Waals surface area contributed by atoms with Gasteiger partial charge in [0.25, 0.3) is 0 Å². The molecule has 0 aliphatic carbocycles. The van der Waals surface area contributed by atoms with Gasteiger partial charge in [-0.3, -0.25) is 4.79 Å². The van der Waals surface area contributed by atoms with Gasteiger partial charge in [-0.1, -0.05) is 19.1 Å². The Morgan fingerprint density at radius 2 is 1.94 bits per heavy atom. The molecule has 0 saturated heterocycles. The zero-order chi connectivity index (χ0) is 12.2. The van der Waals surface area contributed by atoms with E-state index in [4.69, 9.17) is 9.47 Å². The van der Waals surface area contributed by atoms with Crippen LogP contribution >= 0.6 is 0 Å². The number of methoxy groups -OCH3 is 2. The standard InChI is InChI=1S/C13H18O3/c1-5-13(2,16-4)12(14)10-8-6-7-9-11(10)15-3/h6-9H,5H2,1-4H3. The van der Waals surface area contributed by atoms with Crippen LogP contribution in [0, 0.1) is 0 Å². The predicted octanol–water partition coefficient (Wildman–Crippen LogP) is 2.69. The van der Waals surface area contributed by atoms with Crippen molar-refractivity contribution in [1.29, 1.82) is 0 Å². The van der Waals surface area contributed by atoms with E-state index in [2.05, 4.69) is 0 Å². The van der Waals surface area contributed by atoms with Crippen molar-refractivity contribution in [3.05, 3.63) is 29.8 Å². The lowest BCUT2D eigenvalue weighted by atomic mass is 9.91. The van der Waals surface area contributed by atoms with Crippen molar-refractivity contribution in [3.63, 3.8) is 0 Å². The van der Waals surface area contributed by atoms with Crippen LogP contribution in [0.5, 0.6) is 5.75 Å². The van der Waals surface area contributed by atoms with Gasteiger partial charge in [-0.05, 0) is 25.5 Å². The maximum Gasteiger partial charge on any atom is 0.198 e. The molecule has 0 spiro atoms. The molecule has 0 bridgehead atoms. The molecule has 1 rings (SSSR count). The van der Waals surface area contributed by atoms with E-state index in [0.717, 1.165) is 0 Å². The van der Waals surface area contributed by atoms with Crippen molar-refractivity contribution in [2.75, 3.05) is 14.2 Å². The minimum atomic E-state index is -0.783. The third kappa shape index (κ3) is 2.25. The second-order valence-electron chi connectivity index (χ2n) is 3.82. The van der Waals surface area contributed by atoms with Gasteiger partial charge in [-0.15, -0.1) is 0 Å². The number of rotatable bonds is 5. The van der Waals surface area contributed by atoms with Crippen molar-refractivity contribution in [3.8, 4) is 5.75 Å². The van der Waals surface area contributed by atoms with Crippen LogP contribution in [0.4, 0.5) is 0 Å². The molecule has 0 heterocycles. The van der Waals surface area contributed by atoms with Gasteiger partial charge >= 0.3 is 0 Å². The van der Waals surface area contributed by atoms with Crippen LogP contribution in [-0.2, 0) is 4.74 Å². The largest absolute Gasteiger partial charge is 0.496 e. The summed E-state index contributed by atoms with van der Waals surface area (Å²) in [6.07, 6.45) is 0.625. The number of carbonyl (C=O) groups excluding carboxylic acids is 1. The first-order valence-electron chi connectivity index (χ1n) is 5.32. The molecule has 0 aromatic heterocycles. The summed E-state index contributed by atoms with van der Waals surface area (Å²) in [5.41, 5.74) is -0.217. The average Bonchev–Trinajstić information content (AvgIpc) is 2.36. The molecule has 3 heteroatoms. The van der Waals surface area contributed by atoms with Crippen molar-refractivity contribution in [1.82, 2.24) is 0 Å². The fourth-order valence-corrected chi connectivity index (χ4v) is 1.51. The second kappa shape index (κ2) is 5.12. The van der Waals surface area contributed by atoms with E-state index in [9.17, 15) is 4.79 Å². The monoisotopic (exact) mass is 222 g/mol. The van der Waals surface area contributed by atoms with Gasteiger partial charge in [0.1, 0.15) is 11.4 Å². The fraction of sp³-hybridized carbons (Fsp3) is 0.462. The van der Waals surface area contributed by atoms with E-state index in [-0.39, 0.29) is 5.78 Å². The summed E-state index contributed by atoms with van der Waals surface area (Å²) in [5.74, 6) is 0.541. The quantitative estimate of drug-likeness (QED) is 0.718. The van der Waals surface area contributed by atoms with Crippen LogP contribution in [0.15, 0.2) is 24.3 Å². The number of ether oxygens (including phenoxy) is 2. The number of ketones is 1. The minimum Gasteiger partial charge on any atom is -0.496 e. The molecule has 1 aromatic carbocycles. The van der Waals surface area contributed by atoms with Crippen LogP contribution in [0.2, 0.25) is 0 Å². The molecule has 0 saturated carbocycles. The van der Waals surface area contributed by atoms with Gasteiger partial charge in [0.05, 0.1) is 12.7 Å². The molecule has 1 unspecified atom stereocenters. The Morgan fingerprint density at radius 3 is 2.44 bits per heavy atom. The smallest absolute Gasteiger partial charge is 0.198 e. The summed E-state index contributed by atoms with van der Waals surface area (Å²) in [6.45, 7) is 3.72. The van der Waals surface area contributed by atoms with Crippen molar-refractivity contribution in [2.24, 2.45) is 0 Å². The highest BCUT2D eigenvalue weighted by Gasteiger charge is 2.33. The lowest BCUT2D eigenvalue weighted by Crippen LogP contribution is -2.36. The first kappa shape index (κ1) is 12.7. The van der Waals surface area contributed by atoms with E-state index >= 15 is 0 Å². The predicted molar refractivity (Wildman–Crippen MR) is 63.0 cm³/mol. The molecule has 0 amide bonds. The number of hydrogen-bond donors (Lipinski definition) is 0. The van der Waals surface area contributed by atoms with Gasteiger partial charge in [0, 0.05) is 7.11 Å². The molecule has 1 atom stereocenters. The van der Waals surface area contributed by atoms with Crippen LogP contribution in [0.3, 0.4) is 0 Å². The molecule has 1 aromatic rings. The Morgan fingerprint density at radius 1 is 1.31 bits per heavy atom. The van der Waals surface area contributed by atoms with E-state index in [1.807, 2.05) is 19.1 Å². The van der Waals surface area contributed by atoms with Gasteiger partial charge in [-0.2, -0.15) is 0 Å². The normalized spacial score (nSPS) is 14.2. The number of carbonyl (C=O) groups is 1. The summed E-state index contributed by atoms with van der Waals surface area (Å²) in [4.78, 5) is 12.3. The zero-order valence-corrected chi connectivity index (χ0v) is 10.2. The number of para-hydroxylation sites is 1. The van der Waals surface area contributed by atoms with Crippen LogP contribution in [0.1, 0.15) is 30.6 Å². The lowest BCUT2D eigenvalue weighted by Gasteiger charge is -2.25. The number of hydrogen-bond acceptors (Lipinski definition) is 3. The third-order valence-electron chi connectivity index (χ3n) is 2.96. The Hall–Kier alpha value is -1.35. The molecule has 0 fully saturated rings. The topological polar surface area (TPSA) is 35.5 Å². The Labute approximate surface area is 96.4 Å². The molecule has 88 valence electrons. The van der Waals surface area contributed by atoms with Crippen molar-refractivity contribution in [2.45, 2.75) is 25.9 Å². The summed E-state index contributed by atoms with van der Waals surface area (Å²) in [6, 6.07) is 7.19. The maximum atomic E-state index is 12.3. The molecule has 16 heavy (non-hydrogen) atoms. The summed E-state index contributed by atoms with van der Waals surface area (Å²) >= 11 is 0. The van der Waals surface area contributed by atoms with Gasteiger partial charge in [0.15, 0.2) is 5.78 Å². The Balaban J connectivity index is 3.13. The third-order valence-corrected chi connectivity index (χ3v) is 2.96. The van der Waals surface area contributed by atoms with Crippen LogP contribution in [0.25, 0.3) is 0 Å². The van der Waals surface area contributed by atoms with Gasteiger partial charge < -0.3 is 9.47 Å². The molecule has 0 radical (unpaired) electrons. The van der Waals surface area contributed by atoms with E-state index in [0.29, 0.717) is 17.7 Å². The zero-order valence-electron chi connectivity index (χ0n) is 10.2. The highest BCUT2D eigenvalue weighted by Crippen LogP contribution is 2.26. The maximum absolute atomic E-state index is 12.3. The SMILES string of the molecule is CCC(C)(OC)C(=O)c1ccccc1OC. The molecule has 0 aliphatic rings. The Bertz CT molecular complexity index is 367. The van der Waals surface area contributed by atoms with Crippen molar-refractivity contribution < 1.29 is 14.3 Å². The second-order valence-corrected chi connectivity index (χ2v) is 3.82. The average molecular weight is 222 g/mol. The summed E-state index contributed by atoms with van der Waals surface area (Å²) in [5, 5.41) is 0. The highest BCUT2D eigenvalue weighted by molar-refractivity contribution is 6.04. The van der Waals surface area contributed by atoms with E-state index in [1.165, 1.54) is 0 Å². The first-order chi connectivity index (χ1) is 7.59. The fourth-order valence-electron chi connectivity index (χ4n) is 1.51. The first-order valence-corrected chi connectivity index (χ1v) is 5.32. The van der Waals surface area contributed by atoms with Crippen molar-refractivity contribution >= 4 is 5.78 Å². The molecular weight excluding hydrogens is 204 g/mol. The molecule has 0 aliphatic heterocycles. The van der Waals surface area contributed by atoms with E-state index < -0.39 is 5.60 Å². The lowest BCUT2D eigenvalue weighted by molar-refractivity contribution is 0.0104. The van der Waals surface area contributed by atoms with Crippen LogP contribution < -0.4 is 4.74 Å². The molecule has 3 nitrogen and oxygen atoms in total. The molecular formula is C13H18O3. The van der Waals surface area contributed by atoms with Gasteiger partial charge in [-0.25, -0.2) is 0 Å². The number of Topliss-reactive ketones (excluding diaryl/α,β-unsaturated/α-hetero) is 1. The van der Waals surface area contributed by atoms with E-state index in [1.54, 1.807) is 33.3 Å². The minimum absolute atomic E-state index is 0.0463.